The van der Waals surface area contributed by atoms with Crippen molar-refractivity contribution in [2.75, 3.05) is 26.0 Å². The van der Waals surface area contributed by atoms with Gasteiger partial charge in [0.15, 0.2) is 0 Å². The van der Waals surface area contributed by atoms with Crippen LogP contribution in [-0.4, -0.2) is 41.0 Å². The average molecular weight is 274 g/mol. The molecule has 2 aromatic rings. The van der Waals surface area contributed by atoms with Gasteiger partial charge in [0.25, 0.3) is 0 Å². The molecule has 0 bridgehead atoms. The molecule has 0 aliphatic rings. The van der Waals surface area contributed by atoms with E-state index in [1.54, 1.807) is 0 Å². The molecule has 0 fully saturated rings. The zero-order valence-corrected chi connectivity index (χ0v) is 12.4. The van der Waals surface area contributed by atoms with E-state index in [2.05, 4.69) is 33.9 Å². The van der Waals surface area contributed by atoms with Crippen molar-refractivity contribution in [1.29, 1.82) is 0 Å². The van der Waals surface area contributed by atoms with Gasteiger partial charge in [-0.15, -0.1) is 0 Å². The summed E-state index contributed by atoms with van der Waals surface area (Å²) in [6, 6.07) is 7.97. The summed E-state index contributed by atoms with van der Waals surface area (Å²) in [6.45, 7) is 3.69. The lowest BCUT2D eigenvalue weighted by Gasteiger charge is -2.12. The van der Waals surface area contributed by atoms with Crippen molar-refractivity contribution < 1.29 is 4.79 Å². The van der Waals surface area contributed by atoms with Crippen LogP contribution < -0.4 is 5.32 Å². The second-order valence-electron chi connectivity index (χ2n) is 5.13. The van der Waals surface area contributed by atoms with Crippen LogP contribution in [0.5, 0.6) is 0 Å². The number of aromatic nitrogens is 2. The summed E-state index contributed by atoms with van der Waals surface area (Å²) in [4.78, 5) is 18.3. The molecule has 1 aromatic carbocycles. The smallest absolute Gasteiger partial charge is 0.226 e. The maximum absolute atomic E-state index is 11.6. The normalized spacial score (nSPS) is 11.2. The summed E-state index contributed by atoms with van der Waals surface area (Å²) < 4.78 is 2.09. The van der Waals surface area contributed by atoms with E-state index in [1.165, 1.54) is 0 Å². The molecular formula is C15H22N4O. The first-order chi connectivity index (χ1) is 9.61. The molecule has 0 aliphatic carbocycles. The van der Waals surface area contributed by atoms with Gasteiger partial charge in [0.1, 0.15) is 0 Å². The zero-order valence-electron chi connectivity index (χ0n) is 12.4. The van der Waals surface area contributed by atoms with E-state index in [4.69, 9.17) is 0 Å². The molecule has 0 saturated heterocycles. The van der Waals surface area contributed by atoms with Gasteiger partial charge in [0, 0.05) is 13.0 Å². The van der Waals surface area contributed by atoms with Gasteiger partial charge >= 0.3 is 0 Å². The fraction of sp³-hybridized carbons (Fsp3) is 0.467. The molecule has 0 spiro atoms. The van der Waals surface area contributed by atoms with Gasteiger partial charge in [0.2, 0.25) is 11.9 Å². The van der Waals surface area contributed by atoms with Gasteiger partial charge in [-0.3, -0.25) is 10.1 Å². The van der Waals surface area contributed by atoms with Crippen molar-refractivity contribution in [1.82, 2.24) is 14.5 Å². The Morgan fingerprint density at radius 2 is 2.10 bits per heavy atom. The van der Waals surface area contributed by atoms with Crippen molar-refractivity contribution in [3.05, 3.63) is 24.3 Å². The minimum Gasteiger partial charge on any atom is -0.310 e. The van der Waals surface area contributed by atoms with Gasteiger partial charge < -0.3 is 9.47 Å². The Labute approximate surface area is 119 Å². The molecule has 1 N–H and O–H groups in total. The number of para-hydroxylation sites is 2. The summed E-state index contributed by atoms with van der Waals surface area (Å²) in [5.74, 6) is 0.644. The molecule has 0 saturated carbocycles. The summed E-state index contributed by atoms with van der Waals surface area (Å²) in [5, 5.41) is 2.89. The third kappa shape index (κ3) is 3.36. The van der Waals surface area contributed by atoms with Crippen molar-refractivity contribution >= 4 is 22.9 Å². The number of fused-ring (bicyclic) bond motifs is 1. The predicted molar refractivity (Wildman–Crippen MR) is 81.8 cm³/mol. The second-order valence-corrected chi connectivity index (χ2v) is 5.13. The quantitative estimate of drug-likeness (QED) is 0.879. The van der Waals surface area contributed by atoms with Crippen molar-refractivity contribution in [3.8, 4) is 0 Å². The molecule has 0 aliphatic heterocycles. The number of hydrogen-bond donors (Lipinski definition) is 1. The topological polar surface area (TPSA) is 50.2 Å². The van der Waals surface area contributed by atoms with Crippen LogP contribution in [0, 0.1) is 0 Å². The number of hydrogen-bond acceptors (Lipinski definition) is 3. The molecule has 5 heteroatoms. The zero-order chi connectivity index (χ0) is 14.5. The van der Waals surface area contributed by atoms with Crippen LogP contribution in [0.15, 0.2) is 24.3 Å². The number of carbonyl (C=O) groups excluding carboxylic acids is 1. The molecule has 1 aromatic heterocycles. The number of nitrogens with zero attached hydrogens (tertiary/aromatic N) is 3. The van der Waals surface area contributed by atoms with Crippen LogP contribution in [-0.2, 0) is 11.3 Å². The summed E-state index contributed by atoms with van der Waals surface area (Å²) >= 11 is 0. The van der Waals surface area contributed by atoms with Crippen molar-refractivity contribution in [2.45, 2.75) is 26.3 Å². The number of rotatable bonds is 6. The second kappa shape index (κ2) is 6.52. The van der Waals surface area contributed by atoms with Gasteiger partial charge in [-0.2, -0.15) is 0 Å². The SMILES string of the molecule is CCC(=O)Nc1nc2ccccc2n1CCCN(C)C. The highest BCUT2D eigenvalue weighted by atomic mass is 16.1. The van der Waals surface area contributed by atoms with Gasteiger partial charge in [-0.1, -0.05) is 19.1 Å². The molecule has 20 heavy (non-hydrogen) atoms. The van der Waals surface area contributed by atoms with E-state index in [-0.39, 0.29) is 5.91 Å². The van der Waals surface area contributed by atoms with Crippen LogP contribution >= 0.6 is 0 Å². The Bertz CT molecular complexity index is 589. The van der Waals surface area contributed by atoms with Gasteiger partial charge in [0.05, 0.1) is 11.0 Å². The monoisotopic (exact) mass is 274 g/mol. The summed E-state index contributed by atoms with van der Waals surface area (Å²) in [5.41, 5.74) is 1.99. The number of amides is 1. The fourth-order valence-corrected chi connectivity index (χ4v) is 2.16. The van der Waals surface area contributed by atoms with E-state index in [0.717, 1.165) is 30.5 Å². The van der Waals surface area contributed by atoms with E-state index < -0.39 is 0 Å². The molecule has 0 atom stereocenters. The van der Waals surface area contributed by atoms with Crippen LogP contribution in [0.25, 0.3) is 11.0 Å². The highest BCUT2D eigenvalue weighted by Crippen LogP contribution is 2.20. The lowest BCUT2D eigenvalue weighted by atomic mass is 10.3. The molecular weight excluding hydrogens is 252 g/mol. The van der Waals surface area contributed by atoms with Crippen LogP contribution in [0.2, 0.25) is 0 Å². The van der Waals surface area contributed by atoms with Crippen LogP contribution in [0.4, 0.5) is 5.95 Å². The maximum atomic E-state index is 11.6. The van der Waals surface area contributed by atoms with Crippen LogP contribution in [0.1, 0.15) is 19.8 Å². The fourth-order valence-electron chi connectivity index (χ4n) is 2.16. The van der Waals surface area contributed by atoms with E-state index in [1.807, 2.05) is 31.2 Å². The largest absolute Gasteiger partial charge is 0.310 e. The predicted octanol–water partition coefficient (Wildman–Crippen LogP) is 2.34. The number of nitrogens with one attached hydrogen (secondary N) is 1. The number of aryl methyl sites for hydroxylation is 1. The third-order valence-corrected chi connectivity index (χ3v) is 3.21. The number of anilines is 1. The maximum Gasteiger partial charge on any atom is 0.226 e. The Morgan fingerprint density at radius 1 is 1.35 bits per heavy atom. The molecule has 5 nitrogen and oxygen atoms in total. The summed E-state index contributed by atoms with van der Waals surface area (Å²) in [6.07, 6.45) is 1.48. The average Bonchev–Trinajstić information content (AvgIpc) is 2.76. The van der Waals surface area contributed by atoms with Crippen molar-refractivity contribution in [2.24, 2.45) is 0 Å². The lowest BCUT2D eigenvalue weighted by molar-refractivity contribution is -0.115. The molecule has 108 valence electrons. The minimum absolute atomic E-state index is 0.00540. The van der Waals surface area contributed by atoms with Gasteiger partial charge in [-0.25, -0.2) is 4.98 Å². The Balaban J connectivity index is 2.27. The lowest BCUT2D eigenvalue weighted by Crippen LogP contribution is -2.17. The summed E-state index contributed by atoms with van der Waals surface area (Å²) in [7, 11) is 4.12. The first-order valence-corrected chi connectivity index (χ1v) is 7.01. The highest BCUT2D eigenvalue weighted by molar-refractivity contribution is 5.91. The van der Waals surface area contributed by atoms with E-state index in [0.29, 0.717) is 12.4 Å². The van der Waals surface area contributed by atoms with Crippen LogP contribution in [0.3, 0.4) is 0 Å². The molecule has 0 unspecified atom stereocenters. The molecule has 0 radical (unpaired) electrons. The Morgan fingerprint density at radius 3 is 2.80 bits per heavy atom. The van der Waals surface area contributed by atoms with E-state index >= 15 is 0 Å². The first kappa shape index (κ1) is 14.5. The Kier molecular flexibility index (Phi) is 4.74. The Hall–Kier alpha value is -1.88. The molecule has 2 rings (SSSR count). The molecule has 1 heterocycles. The number of benzene rings is 1. The van der Waals surface area contributed by atoms with Crippen molar-refractivity contribution in [3.63, 3.8) is 0 Å². The highest BCUT2D eigenvalue weighted by Gasteiger charge is 2.11. The van der Waals surface area contributed by atoms with Gasteiger partial charge in [-0.05, 0) is 39.2 Å². The third-order valence-electron chi connectivity index (χ3n) is 3.21. The number of carbonyl (C=O) groups is 1. The first-order valence-electron chi connectivity index (χ1n) is 7.01. The minimum atomic E-state index is -0.00540. The van der Waals surface area contributed by atoms with E-state index in [9.17, 15) is 4.79 Å². The molecule has 1 amide bonds. The number of imidazole rings is 1. The standard InChI is InChI=1S/C15H22N4O/c1-4-14(20)17-15-16-12-8-5-6-9-13(12)19(15)11-7-10-18(2)3/h5-6,8-9H,4,7,10-11H2,1-3H3,(H,16,17,20).